The standard InChI is InChI=1S/C14H12Br2FNO/c15-10-2-4-11(5-3-10)18-14(8-19)9-1-6-12(16)13(17)7-9/h1-7,14,18-19H,8H2. The average molecular weight is 389 g/mol. The lowest BCUT2D eigenvalue weighted by molar-refractivity contribution is 0.276. The van der Waals surface area contributed by atoms with Gasteiger partial charge in [-0.2, -0.15) is 0 Å². The second kappa shape index (κ2) is 6.50. The van der Waals surface area contributed by atoms with Gasteiger partial charge in [0.25, 0.3) is 0 Å². The molecule has 0 spiro atoms. The molecular weight excluding hydrogens is 377 g/mol. The van der Waals surface area contributed by atoms with Crippen molar-refractivity contribution in [1.82, 2.24) is 0 Å². The van der Waals surface area contributed by atoms with E-state index in [1.165, 1.54) is 6.07 Å². The van der Waals surface area contributed by atoms with E-state index in [0.717, 1.165) is 10.2 Å². The Morgan fingerprint density at radius 1 is 1.11 bits per heavy atom. The first kappa shape index (κ1) is 14.5. The van der Waals surface area contributed by atoms with Gasteiger partial charge < -0.3 is 10.4 Å². The fourth-order valence-corrected chi connectivity index (χ4v) is 2.22. The van der Waals surface area contributed by atoms with Gasteiger partial charge in [0.15, 0.2) is 0 Å². The van der Waals surface area contributed by atoms with Crippen LogP contribution in [-0.2, 0) is 0 Å². The molecule has 5 heteroatoms. The van der Waals surface area contributed by atoms with Crippen molar-refractivity contribution in [1.29, 1.82) is 0 Å². The Bertz CT molecular complexity index is 560. The van der Waals surface area contributed by atoms with Gasteiger partial charge in [-0.15, -0.1) is 0 Å². The molecule has 0 aliphatic rings. The zero-order chi connectivity index (χ0) is 13.8. The van der Waals surface area contributed by atoms with Crippen molar-refractivity contribution in [3.8, 4) is 0 Å². The van der Waals surface area contributed by atoms with Crippen LogP contribution in [0.4, 0.5) is 10.1 Å². The van der Waals surface area contributed by atoms with Gasteiger partial charge in [-0.25, -0.2) is 4.39 Å². The van der Waals surface area contributed by atoms with Crippen LogP contribution in [0.5, 0.6) is 0 Å². The van der Waals surface area contributed by atoms with Crippen LogP contribution in [0.15, 0.2) is 51.4 Å². The second-order valence-electron chi connectivity index (χ2n) is 4.06. The van der Waals surface area contributed by atoms with E-state index in [0.29, 0.717) is 10.0 Å². The molecule has 0 saturated carbocycles. The molecule has 0 amide bonds. The van der Waals surface area contributed by atoms with E-state index >= 15 is 0 Å². The van der Waals surface area contributed by atoms with Gasteiger partial charge in [0.05, 0.1) is 17.1 Å². The maximum atomic E-state index is 13.5. The minimum absolute atomic E-state index is 0.114. The number of aliphatic hydroxyl groups excluding tert-OH is 1. The molecule has 1 unspecified atom stereocenters. The Morgan fingerprint density at radius 2 is 1.79 bits per heavy atom. The maximum Gasteiger partial charge on any atom is 0.137 e. The first-order valence-electron chi connectivity index (χ1n) is 5.68. The number of aliphatic hydroxyl groups is 1. The Balaban J connectivity index is 2.19. The Hall–Kier alpha value is -0.910. The van der Waals surface area contributed by atoms with Crippen molar-refractivity contribution in [3.05, 3.63) is 62.8 Å². The molecule has 100 valence electrons. The topological polar surface area (TPSA) is 32.3 Å². The van der Waals surface area contributed by atoms with Crippen LogP contribution in [-0.4, -0.2) is 11.7 Å². The molecule has 0 radical (unpaired) electrons. The lowest BCUT2D eigenvalue weighted by Crippen LogP contribution is -2.15. The Morgan fingerprint density at radius 3 is 2.37 bits per heavy atom. The van der Waals surface area contributed by atoms with Crippen LogP contribution in [0, 0.1) is 5.82 Å². The highest BCUT2D eigenvalue weighted by Gasteiger charge is 2.12. The molecule has 19 heavy (non-hydrogen) atoms. The van der Waals surface area contributed by atoms with Crippen molar-refractivity contribution < 1.29 is 9.50 Å². The number of benzene rings is 2. The summed E-state index contributed by atoms with van der Waals surface area (Å²) >= 11 is 6.47. The smallest absolute Gasteiger partial charge is 0.137 e. The van der Waals surface area contributed by atoms with E-state index in [2.05, 4.69) is 37.2 Å². The van der Waals surface area contributed by atoms with Crippen molar-refractivity contribution >= 4 is 37.5 Å². The Labute approximate surface area is 127 Å². The molecule has 0 aromatic heterocycles. The molecular formula is C14H12Br2FNO. The third kappa shape index (κ3) is 3.78. The molecule has 2 nitrogen and oxygen atoms in total. The Kier molecular flexibility index (Phi) is 4.96. The number of anilines is 1. The minimum atomic E-state index is -0.344. The summed E-state index contributed by atoms with van der Waals surface area (Å²) in [5.74, 6) is -0.339. The number of halogens is 3. The van der Waals surface area contributed by atoms with E-state index < -0.39 is 0 Å². The quantitative estimate of drug-likeness (QED) is 0.808. The van der Waals surface area contributed by atoms with Gasteiger partial charge in [0.1, 0.15) is 5.82 Å². The number of hydrogen-bond donors (Lipinski definition) is 2. The largest absolute Gasteiger partial charge is 0.394 e. The summed E-state index contributed by atoms with van der Waals surface area (Å²) in [6, 6.07) is 12.1. The van der Waals surface area contributed by atoms with E-state index in [-0.39, 0.29) is 18.5 Å². The average Bonchev–Trinajstić information content (AvgIpc) is 2.41. The summed E-state index contributed by atoms with van der Waals surface area (Å²) in [5.41, 5.74) is 1.57. The number of nitrogens with one attached hydrogen (secondary N) is 1. The van der Waals surface area contributed by atoms with E-state index in [1.807, 2.05) is 24.3 Å². The van der Waals surface area contributed by atoms with Crippen molar-refractivity contribution in [2.24, 2.45) is 0 Å². The van der Waals surface area contributed by atoms with Crippen LogP contribution in [0.25, 0.3) is 0 Å². The monoisotopic (exact) mass is 387 g/mol. The highest BCUT2D eigenvalue weighted by atomic mass is 79.9. The summed E-state index contributed by atoms with van der Waals surface area (Å²) in [5, 5.41) is 12.6. The maximum absolute atomic E-state index is 13.5. The van der Waals surface area contributed by atoms with Gasteiger partial charge in [-0.05, 0) is 57.9 Å². The molecule has 2 aromatic rings. The molecule has 0 heterocycles. The van der Waals surface area contributed by atoms with Crippen molar-refractivity contribution in [2.45, 2.75) is 6.04 Å². The summed E-state index contributed by atoms with van der Waals surface area (Å²) in [4.78, 5) is 0. The van der Waals surface area contributed by atoms with E-state index in [4.69, 9.17) is 0 Å². The molecule has 0 aliphatic carbocycles. The van der Waals surface area contributed by atoms with Crippen molar-refractivity contribution in [3.63, 3.8) is 0 Å². The number of rotatable bonds is 4. The third-order valence-corrected chi connectivity index (χ3v) is 3.89. The molecule has 2 N–H and O–H groups in total. The van der Waals surface area contributed by atoms with Gasteiger partial charge in [-0.3, -0.25) is 0 Å². The van der Waals surface area contributed by atoms with E-state index in [1.54, 1.807) is 12.1 Å². The molecule has 0 saturated heterocycles. The lowest BCUT2D eigenvalue weighted by Gasteiger charge is -2.18. The summed E-state index contributed by atoms with van der Waals surface area (Å²) in [6.45, 7) is -0.114. The van der Waals surface area contributed by atoms with Gasteiger partial charge in [0.2, 0.25) is 0 Å². The summed E-state index contributed by atoms with van der Waals surface area (Å²) in [6.07, 6.45) is 0. The minimum Gasteiger partial charge on any atom is -0.394 e. The van der Waals surface area contributed by atoms with Crippen molar-refractivity contribution in [2.75, 3.05) is 11.9 Å². The first-order valence-corrected chi connectivity index (χ1v) is 7.26. The SMILES string of the molecule is OCC(Nc1ccc(Br)cc1)c1ccc(Br)c(F)c1. The molecule has 2 aromatic carbocycles. The van der Waals surface area contributed by atoms with Crippen LogP contribution < -0.4 is 5.32 Å². The predicted octanol–water partition coefficient (Wildman–Crippen LogP) is 4.50. The van der Waals surface area contributed by atoms with Gasteiger partial charge >= 0.3 is 0 Å². The fourth-order valence-electron chi connectivity index (χ4n) is 1.71. The van der Waals surface area contributed by atoms with Gasteiger partial charge in [-0.1, -0.05) is 22.0 Å². The lowest BCUT2D eigenvalue weighted by atomic mass is 10.1. The molecule has 0 aliphatic heterocycles. The first-order chi connectivity index (χ1) is 9.10. The van der Waals surface area contributed by atoms with Crippen LogP contribution in [0.1, 0.15) is 11.6 Å². The predicted molar refractivity (Wildman–Crippen MR) is 81.7 cm³/mol. The zero-order valence-corrected chi connectivity index (χ0v) is 13.1. The highest BCUT2D eigenvalue weighted by Crippen LogP contribution is 2.24. The summed E-state index contributed by atoms with van der Waals surface area (Å²) in [7, 11) is 0. The second-order valence-corrected chi connectivity index (χ2v) is 5.83. The normalized spacial score (nSPS) is 12.2. The fraction of sp³-hybridized carbons (Fsp3) is 0.143. The van der Waals surface area contributed by atoms with Gasteiger partial charge in [0, 0.05) is 10.2 Å². The number of hydrogen-bond acceptors (Lipinski definition) is 2. The molecule has 1 atom stereocenters. The van der Waals surface area contributed by atoms with E-state index in [9.17, 15) is 9.50 Å². The molecule has 0 bridgehead atoms. The molecule has 0 fully saturated rings. The zero-order valence-electron chi connectivity index (χ0n) is 9.91. The highest BCUT2D eigenvalue weighted by molar-refractivity contribution is 9.10. The van der Waals surface area contributed by atoms with Crippen LogP contribution in [0.3, 0.4) is 0 Å². The summed E-state index contributed by atoms with van der Waals surface area (Å²) < 4.78 is 14.9. The molecule has 2 rings (SSSR count). The van der Waals surface area contributed by atoms with Crippen LogP contribution in [0.2, 0.25) is 0 Å². The third-order valence-electron chi connectivity index (χ3n) is 2.71. The van der Waals surface area contributed by atoms with Crippen LogP contribution >= 0.6 is 31.9 Å².